The number of imidazole rings is 2. The van der Waals surface area contributed by atoms with Gasteiger partial charge in [-0.1, -0.05) is 0 Å². The maximum atomic E-state index is 14.6. The molecule has 2 aliphatic heterocycles. The molecule has 2 N–H and O–H groups in total. The van der Waals surface area contributed by atoms with Crippen LogP contribution in [0.3, 0.4) is 0 Å². The number of carbonyl (C=O) groups excluding carboxylic acids is 1. The Bertz CT molecular complexity index is 3200. The Labute approximate surface area is 357 Å². The highest BCUT2D eigenvalue weighted by atomic mass is 19.1. The molecule has 0 fully saturated rings. The number of hydrogen-bond acceptors (Lipinski definition) is 13. The van der Waals surface area contributed by atoms with E-state index in [9.17, 15) is 13.6 Å². The molecule has 0 atom stereocenters. The first-order valence-corrected chi connectivity index (χ1v) is 20.1. The Morgan fingerprint density at radius 3 is 1.76 bits per heavy atom. The van der Waals surface area contributed by atoms with Gasteiger partial charge in [-0.2, -0.15) is 10.2 Å². The first kappa shape index (κ1) is 39.2. The average Bonchev–Trinajstić information content (AvgIpc) is 4.13. The minimum absolute atomic E-state index is 0.235. The lowest BCUT2D eigenvalue weighted by molar-refractivity contribution is 0.111. The molecule has 9 heterocycles. The number of hydrogen-bond donors (Lipinski definition) is 2. The third-order valence-electron chi connectivity index (χ3n) is 11.1. The lowest BCUT2D eigenvalue weighted by Gasteiger charge is -2.13. The third-order valence-corrected chi connectivity index (χ3v) is 11.1. The molecule has 17 nitrogen and oxygen atoms in total. The van der Waals surface area contributed by atoms with Gasteiger partial charge in [0.2, 0.25) is 11.9 Å². The van der Waals surface area contributed by atoms with Crippen LogP contribution in [0.5, 0.6) is 11.5 Å². The molecular weight excluding hydrogens is 813 g/mol. The second-order valence-corrected chi connectivity index (χ2v) is 15.2. The van der Waals surface area contributed by atoms with Gasteiger partial charge in [0.1, 0.15) is 34.5 Å². The minimum Gasteiger partial charge on any atom is -0.493 e. The molecule has 7 aromatic heterocycles. The molecule has 0 aliphatic carbocycles. The minimum atomic E-state index is -0.288. The number of nitrogens with zero attached hydrogens (tertiary/aromatic N) is 11. The zero-order chi connectivity index (χ0) is 43.4. The van der Waals surface area contributed by atoms with Crippen LogP contribution < -0.4 is 20.1 Å². The largest absolute Gasteiger partial charge is 0.493 e. The fraction of sp³-hybridized carbons (Fsp3) is 0.227. The number of carbonyl (C=O) groups is 1. The second-order valence-electron chi connectivity index (χ2n) is 15.2. The van der Waals surface area contributed by atoms with Crippen molar-refractivity contribution in [2.75, 3.05) is 23.8 Å². The summed E-state index contributed by atoms with van der Waals surface area (Å²) in [5.41, 5.74) is 10.1. The highest BCUT2D eigenvalue weighted by Crippen LogP contribution is 2.34. The number of oxazole rings is 1. The van der Waals surface area contributed by atoms with Crippen LogP contribution in [-0.4, -0.2) is 72.8 Å². The zero-order valence-corrected chi connectivity index (χ0v) is 34.6. The van der Waals surface area contributed by atoms with E-state index in [1.807, 2.05) is 50.7 Å². The molecular formula is C44H39F2N13O4. The summed E-state index contributed by atoms with van der Waals surface area (Å²) >= 11 is 0. The number of aromatic nitrogens is 11. The maximum absolute atomic E-state index is 14.6. The molecule has 9 aromatic rings. The fourth-order valence-corrected chi connectivity index (χ4v) is 8.19. The van der Waals surface area contributed by atoms with E-state index in [-0.39, 0.29) is 30.4 Å². The molecule has 0 saturated heterocycles. The van der Waals surface area contributed by atoms with E-state index in [4.69, 9.17) is 18.9 Å². The Kier molecular flexibility index (Phi) is 9.84. The van der Waals surface area contributed by atoms with E-state index < -0.39 is 0 Å². The number of fused-ring (bicyclic) bond motifs is 4. The Morgan fingerprint density at radius 2 is 1.27 bits per heavy atom. The van der Waals surface area contributed by atoms with Crippen LogP contribution in [-0.2, 0) is 40.0 Å². The van der Waals surface area contributed by atoms with Gasteiger partial charge in [0.25, 0.3) is 0 Å². The molecule has 0 saturated carbocycles. The zero-order valence-electron chi connectivity index (χ0n) is 34.6. The number of halogens is 2. The molecule has 0 bridgehead atoms. The lowest BCUT2D eigenvalue weighted by atomic mass is 10.0. The van der Waals surface area contributed by atoms with E-state index in [0.29, 0.717) is 78.1 Å². The van der Waals surface area contributed by atoms with E-state index in [1.54, 1.807) is 50.7 Å². The predicted molar refractivity (Wildman–Crippen MR) is 227 cm³/mol. The monoisotopic (exact) mass is 851 g/mol. The molecule has 0 radical (unpaired) electrons. The third kappa shape index (κ3) is 7.15. The van der Waals surface area contributed by atoms with Crippen LogP contribution in [0.15, 0.2) is 78.2 Å². The Hall–Kier alpha value is -7.96. The van der Waals surface area contributed by atoms with Crippen LogP contribution in [0.2, 0.25) is 0 Å². The number of ether oxygens (including phenoxy) is 2. The van der Waals surface area contributed by atoms with Gasteiger partial charge in [-0.3, -0.25) is 23.0 Å². The van der Waals surface area contributed by atoms with Crippen LogP contribution in [0, 0.1) is 25.5 Å². The summed E-state index contributed by atoms with van der Waals surface area (Å²) in [5, 5.41) is 15.3. The molecule has 63 heavy (non-hydrogen) atoms. The van der Waals surface area contributed by atoms with Crippen molar-refractivity contribution in [3.05, 3.63) is 125 Å². The first-order chi connectivity index (χ1) is 30.6. The molecule has 318 valence electrons. The predicted octanol–water partition coefficient (Wildman–Crippen LogP) is 6.72. The SMILES string of the molecule is Cc1cc(-c2cnc(NCc3c(F)ccc4c3CCO4)n3cc(-c4cnco4)nc23)n(C)n1.Cc1cc(-c2cnc(NCc3c(F)ccc4c3CCO4)n3cc(C=O)nc23)n(C)n1. The second kappa shape index (κ2) is 15.8. The molecule has 2 aliphatic rings. The van der Waals surface area contributed by atoms with Crippen LogP contribution >= 0.6 is 0 Å². The molecule has 0 unspecified atom stereocenters. The summed E-state index contributed by atoms with van der Waals surface area (Å²) in [4.78, 5) is 33.7. The van der Waals surface area contributed by atoms with Crippen molar-refractivity contribution in [2.24, 2.45) is 14.1 Å². The highest BCUT2D eigenvalue weighted by Gasteiger charge is 2.23. The number of anilines is 2. The quantitative estimate of drug-likeness (QED) is 0.139. The van der Waals surface area contributed by atoms with Gasteiger partial charge in [-0.15, -0.1) is 0 Å². The van der Waals surface area contributed by atoms with Crippen molar-refractivity contribution in [1.29, 1.82) is 0 Å². The summed E-state index contributed by atoms with van der Waals surface area (Å²) in [6, 6.07) is 10.1. The highest BCUT2D eigenvalue weighted by molar-refractivity contribution is 5.81. The average molecular weight is 852 g/mol. The molecule has 11 rings (SSSR count). The number of nitrogens with one attached hydrogen (secondary N) is 2. The van der Waals surface area contributed by atoms with Crippen molar-refractivity contribution in [3.8, 4) is 45.5 Å². The van der Waals surface area contributed by atoms with Crippen molar-refractivity contribution < 1.29 is 27.5 Å². The molecule has 2 aromatic carbocycles. The first-order valence-electron chi connectivity index (χ1n) is 20.1. The topological polar surface area (TPSA) is 182 Å². The van der Waals surface area contributed by atoms with Gasteiger partial charge < -0.3 is 24.5 Å². The Morgan fingerprint density at radius 1 is 0.730 bits per heavy atom. The normalized spacial score (nSPS) is 12.8. The standard InChI is InChI=1S/C23H20FN7O2.C21H19FN6O2/c1-13-7-19(30(2)29-13)16-9-27-23(31-11-18(28-22(16)31)21-10-25-12-33-21)26-8-15-14-5-6-32-20(14)4-3-17(15)24;1-12-7-18(27(2)26-12)16-9-24-21(28-10-13(11-29)25-20(16)28)23-8-15-14-5-6-30-19(14)4-3-17(15)22/h3-4,7,9-12H,5-6,8H2,1-2H3,(H,26,27);3-4,7,9-11H,5-6,8H2,1-2H3,(H,23,24). The van der Waals surface area contributed by atoms with Gasteiger partial charge in [0.15, 0.2) is 29.7 Å². The van der Waals surface area contributed by atoms with Gasteiger partial charge >= 0.3 is 0 Å². The van der Waals surface area contributed by atoms with Crippen LogP contribution in [0.25, 0.3) is 45.3 Å². The fourth-order valence-electron chi connectivity index (χ4n) is 8.19. The van der Waals surface area contributed by atoms with Gasteiger partial charge in [0, 0.05) is 87.1 Å². The van der Waals surface area contributed by atoms with E-state index in [1.165, 1.54) is 18.5 Å². The number of rotatable bonds is 10. The van der Waals surface area contributed by atoms with E-state index in [0.717, 1.165) is 56.5 Å². The summed E-state index contributed by atoms with van der Waals surface area (Å²) in [5.74, 6) is 2.44. The van der Waals surface area contributed by atoms with Gasteiger partial charge in [0.05, 0.1) is 53.3 Å². The summed E-state index contributed by atoms with van der Waals surface area (Å²) in [6.07, 6.45) is 11.9. The van der Waals surface area contributed by atoms with Gasteiger partial charge in [-0.25, -0.2) is 33.7 Å². The Balaban J connectivity index is 0.000000150. The van der Waals surface area contributed by atoms with Crippen molar-refractivity contribution in [2.45, 2.75) is 39.8 Å². The number of aryl methyl sites for hydroxylation is 4. The van der Waals surface area contributed by atoms with Crippen LogP contribution in [0.1, 0.15) is 44.1 Å². The lowest BCUT2D eigenvalue weighted by Crippen LogP contribution is -2.10. The van der Waals surface area contributed by atoms with E-state index >= 15 is 0 Å². The van der Waals surface area contributed by atoms with Crippen molar-refractivity contribution >= 4 is 29.5 Å². The van der Waals surface area contributed by atoms with Gasteiger partial charge in [-0.05, 0) is 50.2 Å². The van der Waals surface area contributed by atoms with Crippen molar-refractivity contribution in [1.82, 2.24) is 53.3 Å². The summed E-state index contributed by atoms with van der Waals surface area (Å²) in [7, 11) is 3.72. The smallest absolute Gasteiger partial charge is 0.208 e. The maximum Gasteiger partial charge on any atom is 0.208 e. The van der Waals surface area contributed by atoms with Crippen LogP contribution in [0.4, 0.5) is 20.7 Å². The molecule has 0 spiro atoms. The summed E-state index contributed by atoms with van der Waals surface area (Å²) < 4.78 is 52.8. The molecule has 19 heteroatoms. The van der Waals surface area contributed by atoms with Crippen molar-refractivity contribution in [3.63, 3.8) is 0 Å². The number of aldehydes is 1. The number of benzene rings is 2. The van der Waals surface area contributed by atoms with E-state index in [2.05, 4.69) is 40.8 Å². The molecule has 0 amide bonds. The summed E-state index contributed by atoms with van der Waals surface area (Å²) in [6.45, 7) is 5.46.